The molecule has 2 aromatic rings. The van der Waals surface area contributed by atoms with Crippen molar-refractivity contribution < 1.29 is 18.7 Å². The third-order valence-electron chi connectivity index (χ3n) is 7.27. The summed E-state index contributed by atoms with van der Waals surface area (Å²) < 4.78 is 19.7. The van der Waals surface area contributed by atoms with Crippen molar-refractivity contribution in [1.29, 1.82) is 0 Å². The van der Waals surface area contributed by atoms with Crippen LogP contribution in [0.15, 0.2) is 42.7 Å². The smallest absolute Gasteiger partial charge is 0.246 e. The maximum absolute atomic E-state index is 14.0. The van der Waals surface area contributed by atoms with E-state index in [2.05, 4.69) is 25.5 Å². The first-order valence-electron chi connectivity index (χ1n) is 12.8. The average molecular weight is 513 g/mol. The van der Waals surface area contributed by atoms with Crippen molar-refractivity contribution in [3.05, 3.63) is 54.1 Å². The fraction of sp³-hybridized carbons (Fsp3) is 0.556. The average Bonchev–Trinajstić information content (AvgIpc) is 3.47. The highest BCUT2D eigenvalue weighted by molar-refractivity contribution is 5.90. The van der Waals surface area contributed by atoms with Gasteiger partial charge in [-0.3, -0.25) is 9.59 Å². The molecule has 5 unspecified atom stereocenters. The molecule has 2 amide bonds. The van der Waals surface area contributed by atoms with E-state index >= 15 is 0 Å². The van der Waals surface area contributed by atoms with Gasteiger partial charge in [0.15, 0.2) is 0 Å². The Morgan fingerprint density at radius 3 is 2.49 bits per heavy atom. The van der Waals surface area contributed by atoms with E-state index in [-0.39, 0.29) is 35.8 Å². The quantitative estimate of drug-likeness (QED) is 0.559. The van der Waals surface area contributed by atoms with Crippen molar-refractivity contribution in [2.75, 3.05) is 25.0 Å². The standard InChI is InChI=1S/C27H37FN6O3/c1-17(29-5)24(35)32-23(27(2,3)4)25(36)33-14-11-20-22(33)21(15-34(20)26-30-12-6-13-31-26)37-16-18-7-9-19(28)10-8-18/h6-10,12-13,17,20-23,29H,11,14-16H2,1-5H3,(H,32,35). The molecule has 2 aliphatic rings. The van der Waals surface area contributed by atoms with Crippen LogP contribution >= 0.6 is 0 Å². The molecule has 10 heteroatoms. The second-order valence-electron chi connectivity index (χ2n) is 10.9. The van der Waals surface area contributed by atoms with Crippen LogP contribution in [0.25, 0.3) is 0 Å². The number of amides is 2. The number of carbonyl (C=O) groups is 2. The van der Waals surface area contributed by atoms with Crippen molar-refractivity contribution in [2.24, 2.45) is 5.41 Å². The normalized spacial score (nSPS) is 23.0. The Morgan fingerprint density at radius 1 is 1.19 bits per heavy atom. The molecule has 2 N–H and O–H groups in total. The van der Waals surface area contributed by atoms with E-state index in [1.165, 1.54) is 12.1 Å². The topological polar surface area (TPSA) is 99.7 Å². The van der Waals surface area contributed by atoms with Crippen LogP contribution in [0.5, 0.6) is 0 Å². The van der Waals surface area contributed by atoms with Gasteiger partial charge in [-0.15, -0.1) is 0 Å². The Kier molecular flexibility index (Phi) is 8.08. The molecule has 1 aromatic heterocycles. The van der Waals surface area contributed by atoms with Gasteiger partial charge in [0.2, 0.25) is 17.8 Å². The van der Waals surface area contributed by atoms with Crippen molar-refractivity contribution in [1.82, 2.24) is 25.5 Å². The molecule has 0 saturated carbocycles. The molecule has 0 aliphatic carbocycles. The first-order chi connectivity index (χ1) is 17.6. The Labute approximate surface area is 217 Å². The molecule has 37 heavy (non-hydrogen) atoms. The molecular weight excluding hydrogens is 475 g/mol. The summed E-state index contributed by atoms with van der Waals surface area (Å²) in [6.45, 7) is 8.97. The van der Waals surface area contributed by atoms with Gasteiger partial charge in [0.25, 0.3) is 0 Å². The zero-order chi connectivity index (χ0) is 26.7. The van der Waals surface area contributed by atoms with Crippen molar-refractivity contribution in [2.45, 2.75) is 71.0 Å². The lowest BCUT2D eigenvalue weighted by Crippen LogP contribution is -2.59. The molecule has 5 atom stereocenters. The zero-order valence-electron chi connectivity index (χ0n) is 22.1. The molecular formula is C27H37FN6O3. The number of aromatic nitrogens is 2. The van der Waals surface area contributed by atoms with Gasteiger partial charge in [-0.05, 0) is 49.6 Å². The van der Waals surface area contributed by atoms with Gasteiger partial charge in [0.1, 0.15) is 11.9 Å². The van der Waals surface area contributed by atoms with Crippen LogP contribution in [0.2, 0.25) is 0 Å². The fourth-order valence-electron chi connectivity index (χ4n) is 5.10. The van der Waals surface area contributed by atoms with Crippen LogP contribution in [0.4, 0.5) is 10.3 Å². The first kappa shape index (κ1) is 26.9. The Balaban J connectivity index is 1.59. The lowest BCUT2D eigenvalue weighted by molar-refractivity contribution is -0.142. The molecule has 3 heterocycles. The Hall–Kier alpha value is -3.11. The van der Waals surface area contributed by atoms with Crippen LogP contribution in [0.1, 0.15) is 39.7 Å². The number of likely N-dealkylation sites (tertiary alicyclic amines) is 1. The SMILES string of the molecule is CNC(C)C(=O)NC(C(=O)N1CCC2C1C(OCc1ccc(F)cc1)CN2c1ncccn1)C(C)(C)C. The Bertz CT molecular complexity index is 1080. The van der Waals surface area contributed by atoms with Crippen LogP contribution in [-0.2, 0) is 20.9 Å². The van der Waals surface area contributed by atoms with Crippen LogP contribution in [0, 0.1) is 11.2 Å². The van der Waals surface area contributed by atoms with Gasteiger partial charge >= 0.3 is 0 Å². The number of hydrogen-bond donors (Lipinski definition) is 2. The van der Waals surface area contributed by atoms with Gasteiger partial charge in [-0.2, -0.15) is 0 Å². The number of anilines is 1. The van der Waals surface area contributed by atoms with E-state index in [9.17, 15) is 14.0 Å². The number of carbonyl (C=O) groups excluding carboxylic acids is 2. The summed E-state index contributed by atoms with van der Waals surface area (Å²) >= 11 is 0. The molecule has 200 valence electrons. The first-order valence-corrected chi connectivity index (χ1v) is 12.8. The van der Waals surface area contributed by atoms with E-state index < -0.39 is 17.5 Å². The third kappa shape index (κ3) is 5.91. The maximum atomic E-state index is 14.0. The van der Waals surface area contributed by atoms with E-state index in [1.807, 2.05) is 25.7 Å². The van der Waals surface area contributed by atoms with E-state index in [0.717, 1.165) is 12.0 Å². The molecule has 1 aromatic carbocycles. The molecule has 9 nitrogen and oxygen atoms in total. The fourth-order valence-corrected chi connectivity index (χ4v) is 5.10. The monoisotopic (exact) mass is 512 g/mol. The van der Waals surface area contributed by atoms with Gasteiger partial charge < -0.3 is 25.2 Å². The number of rotatable bonds is 8. The molecule has 0 spiro atoms. The molecule has 4 rings (SSSR count). The summed E-state index contributed by atoms with van der Waals surface area (Å²) in [5.41, 5.74) is 0.355. The highest BCUT2D eigenvalue weighted by Gasteiger charge is 2.53. The summed E-state index contributed by atoms with van der Waals surface area (Å²) in [6, 6.07) is 6.62. The van der Waals surface area contributed by atoms with Gasteiger partial charge in [0.05, 0.1) is 30.8 Å². The lowest BCUT2D eigenvalue weighted by atomic mass is 9.85. The zero-order valence-corrected chi connectivity index (χ0v) is 22.1. The van der Waals surface area contributed by atoms with Crippen molar-refractivity contribution >= 4 is 17.8 Å². The molecule has 2 saturated heterocycles. The van der Waals surface area contributed by atoms with Crippen molar-refractivity contribution in [3.63, 3.8) is 0 Å². The number of fused-ring (bicyclic) bond motifs is 1. The summed E-state index contributed by atoms with van der Waals surface area (Å²) in [7, 11) is 1.71. The second-order valence-corrected chi connectivity index (χ2v) is 10.9. The van der Waals surface area contributed by atoms with Gasteiger partial charge in [-0.25, -0.2) is 14.4 Å². The minimum Gasteiger partial charge on any atom is -0.369 e. The summed E-state index contributed by atoms with van der Waals surface area (Å²) in [4.78, 5) is 39.6. The Morgan fingerprint density at radius 2 is 1.86 bits per heavy atom. The van der Waals surface area contributed by atoms with E-state index in [1.54, 1.807) is 44.6 Å². The number of likely N-dealkylation sites (N-methyl/N-ethyl adjacent to an activating group) is 1. The van der Waals surface area contributed by atoms with Gasteiger partial charge in [-0.1, -0.05) is 32.9 Å². The predicted molar refractivity (Wildman–Crippen MR) is 138 cm³/mol. The highest BCUT2D eigenvalue weighted by Crippen LogP contribution is 2.37. The highest BCUT2D eigenvalue weighted by atomic mass is 19.1. The summed E-state index contributed by atoms with van der Waals surface area (Å²) in [5.74, 6) is -0.0417. The van der Waals surface area contributed by atoms with E-state index in [4.69, 9.17) is 4.74 Å². The van der Waals surface area contributed by atoms with Crippen LogP contribution in [-0.4, -0.2) is 77.1 Å². The molecule has 0 bridgehead atoms. The van der Waals surface area contributed by atoms with Crippen molar-refractivity contribution in [3.8, 4) is 0 Å². The van der Waals surface area contributed by atoms with Crippen LogP contribution in [0.3, 0.4) is 0 Å². The van der Waals surface area contributed by atoms with E-state index in [0.29, 0.717) is 25.6 Å². The number of hydrogen-bond acceptors (Lipinski definition) is 7. The predicted octanol–water partition coefficient (Wildman–Crippen LogP) is 2.13. The van der Waals surface area contributed by atoms with Gasteiger partial charge in [0, 0.05) is 25.5 Å². The lowest BCUT2D eigenvalue weighted by Gasteiger charge is -2.37. The number of nitrogens with zero attached hydrogens (tertiary/aromatic N) is 4. The minimum atomic E-state index is -0.700. The number of benzene rings is 1. The molecule has 2 fully saturated rings. The maximum Gasteiger partial charge on any atom is 0.246 e. The largest absolute Gasteiger partial charge is 0.369 e. The van der Waals surface area contributed by atoms with Crippen LogP contribution < -0.4 is 15.5 Å². The summed E-state index contributed by atoms with van der Waals surface area (Å²) in [5, 5.41) is 5.91. The number of ether oxygens (including phenoxy) is 1. The second kappa shape index (κ2) is 11.1. The number of halogens is 1. The third-order valence-corrected chi connectivity index (χ3v) is 7.27. The minimum absolute atomic E-state index is 0.0166. The summed E-state index contributed by atoms with van der Waals surface area (Å²) in [6.07, 6.45) is 3.84. The number of nitrogens with one attached hydrogen (secondary N) is 2. The molecule has 2 aliphatic heterocycles. The molecule has 0 radical (unpaired) electrons.